The Bertz CT molecular complexity index is 1480. The molecule has 0 bridgehead atoms. The first kappa shape index (κ1) is 21.4. The lowest BCUT2D eigenvalue weighted by atomic mass is 9.82. The van der Waals surface area contributed by atoms with E-state index in [-0.39, 0.29) is 41.6 Å². The largest absolute Gasteiger partial charge is 0.458 e. The molecule has 0 spiro atoms. The Kier molecular flexibility index (Phi) is 4.52. The van der Waals surface area contributed by atoms with Gasteiger partial charge in [-0.2, -0.15) is 0 Å². The van der Waals surface area contributed by atoms with E-state index in [0.717, 1.165) is 34.9 Å². The number of ether oxygens (including phenoxy) is 1. The Morgan fingerprint density at radius 2 is 2.09 bits per heavy atom. The third-order valence-electron chi connectivity index (χ3n) is 7.70. The molecule has 2 atom stereocenters. The average molecular weight is 464 g/mol. The van der Waals surface area contributed by atoms with Crippen LogP contribution in [0, 0.1) is 12.7 Å². The molecular weight excluding hydrogens is 439 g/mol. The number of aliphatic hydroxyl groups is 1. The van der Waals surface area contributed by atoms with Crippen molar-refractivity contribution >= 4 is 16.9 Å². The second-order valence-electron chi connectivity index (χ2n) is 9.30. The third-order valence-corrected chi connectivity index (χ3v) is 7.70. The SMILES string of the molecule is CC[C@@]1(O)C(=O)OCc2c1cc1n(c2=O)Cc2c-1nc1cc(F)c(C)c3c1c2[C@@H](NNC)CC3. The van der Waals surface area contributed by atoms with Gasteiger partial charge in [-0.15, -0.1) is 0 Å². The summed E-state index contributed by atoms with van der Waals surface area (Å²) in [4.78, 5) is 30.8. The van der Waals surface area contributed by atoms with Crippen molar-refractivity contribution in [1.82, 2.24) is 20.4 Å². The van der Waals surface area contributed by atoms with Gasteiger partial charge in [-0.1, -0.05) is 6.92 Å². The Labute approximate surface area is 194 Å². The lowest BCUT2D eigenvalue weighted by Crippen LogP contribution is -2.44. The number of nitrogens with one attached hydrogen (secondary N) is 2. The molecule has 0 unspecified atom stereocenters. The first-order valence-electron chi connectivity index (χ1n) is 11.5. The number of cyclic esters (lactones) is 1. The van der Waals surface area contributed by atoms with Crippen LogP contribution in [0.1, 0.15) is 59.2 Å². The summed E-state index contributed by atoms with van der Waals surface area (Å²) in [6.45, 7) is 3.60. The van der Waals surface area contributed by atoms with E-state index in [1.807, 2.05) is 0 Å². The predicted molar refractivity (Wildman–Crippen MR) is 122 cm³/mol. The molecule has 4 heterocycles. The maximum Gasteiger partial charge on any atom is 0.343 e. The van der Waals surface area contributed by atoms with Crippen molar-refractivity contribution in [3.8, 4) is 11.4 Å². The lowest BCUT2D eigenvalue weighted by Gasteiger charge is -2.31. The van der Waals surface area contributed by atoms with Crippen LogP contribution >= 0.6 is 0 Å². The molecule has 3 aliphatic rings. The van der Waals surface area contributed by atoms with Gasteiger partial charge in [-0.05, 0) is 56.0 Å². The molecule has 0 fully saturated rings. The van der Waals surface area contributed by atoms with Gasteiger partial charge in [0, 0.05) is 28.6 Å². The Morgan fingerprint density at radius 1 is 1.29 bits per heavy atom. The van der Waals surface area contributed by atoms with Gasteiger partial charge in [0.25, 0.3) is 5.56 Å². The van der Waals surface area contributed by atoms with Crippen LogP contribution in [-0.4, -0.2) is 27.7 Å². The third kappa shape index (κ3) is 2.60. The molecule has 3 aromatic rings. The number of rotatable bonds is 3. The molecule has 0 radical (unpaired) electrons. The molecule has 0 saturated heterocycles. The molecule has 34 heavy (non-hydrogen) atoms. The second-order valence-corrected chi connectivity index (χ2v) is 9.30. The number of nitrogens with zero attached hydrogens (tertiary/aromatic N) is 2. The van der Waals surface area contributed by atoms with Crippen LogP contribution < -0.4 is 16.4 Å². The summed E-state index contributed by atoms with van der Waals surface area (Å²) in [5, 5.41) is 12.0. The number of hydrogen-bond acceptors (Lipinski definition) is 7. The van der Waals surface area contributed by atoms with E-state index in [0.29, 0.717) is 29.0 Å². The van der Waals surface area contributed by atoms with Gasteiger partial charge < -0.3 is 14.4 Å². The molecule has 6 rings (SSSR count). The van der Waals surface area contributed by atoms with Gasteiger partial charge in [0.2, 0.25) is 0 Å². The van der Waals surface area contributed by atoms with Crippen molar-refractivity contribution in [2.75, 3.05) is 7.05 Å². The molecule has 9 heteroatoms. The minimum absolute atomic E-state index is 0.0428. The van der Waals surface area contributed by atoms with Gasteiger partial charge in [0.1, 0.15) is 12.4 Å². The molecule has 2 aliphatic heterocycles. The van der Waals surface area contributed by atoms with Crippen LogP contribution in [-0.2, 0) is 34.7 Å². The van der Waals surface area contributed by atoms with Crippen molar-refractivity contribution in [1.29, 1.82) is 0 Å². The summed E-state index contributed by atoms with van der Waals surface area (Å²) in [5.41, 5.74) is 9.84. The van der Waals surface area contributed by atoms with Gasteiger partial charge in [-0.3, -0.25) is 15.6 Å². The topological polar surface area (TPSA) is 105 Å². The molecule has 0 saturated carbocycles. The van der Waals surface area contributed by atoms with Crippen molar-refractivity contribution in [2.24, 2.45) is 0 Å². The molecule has 176 valence electrons. The van der Waals surface area contributed by atoms with Crippen molar-refractivity contribution in [3.05, 3.63) is 61.7 Å². The summed E-state index contributed by atoms with van der Waals surface area (Å²) in [7, 11) is 1.81. The number of hydrazine groups is 1. The van der Waals surface area contributed by atoms with E-state index in [4.69, 9.17) is 9.72 Å². The van der Waals surface area contributed by atoms with Gasteiger partial charge in [-0.25, -0.2) is 14.2 Å². The first-order valence-corrected chi connectivity index (χ1v) is 11.5. The zero-order chi connectivity index (χ0) is 23.9. The van der Waals surface area contributed by atoms with E-state index in [2.05, 4.69) is 10.9 Å². The highest BCUT2D eigenvalue weighted by atomic mass is 19.1. The summed E-state index contributed by atoms with van der Waals surface area (Å²) < 4.78 is 21.6. The highest BCUT2D eigenvalue weighted by Gasteiger charge is 2.45. The molecule has 1 aromatic carbocycles. The van der Waals surface area contributed by atoms with Crippen LogP contribution in [0.15, 0.2) is 16.9 Å². The standard InChI is InChI=1S/C25H25FN4O4/c1-4-25(33)15-7-19-22-13(9-30(19)23(31)14(15)10-34-24(25)32)21-17(29-27-3)6-5-12-11(2)16(26)8-18(28-22)20(12)21/h7-8,17,27,29,33H,4-6,9-10H2,1-3H3/t17-,25-/m0/s1. The van der Waals surface area contributed by atoms with Crippen LogP contribution in [0.25, 0.3) is 22.3 Å². The number of hydrogen-bond donors (Lipinski definition) is 3. The zero-order valence-corrected chi connectivity index (χ0v) is 19.2. The minimum atomic E-state index is -1.89. The van der Waals surface area contributed by atoms with Gasteiger partial charge in [0.15, 0.2) is 5.60 Å². The molecule has 0 amide bonds. The van der Waals surface area contributed by atoms with E-state index in [1.54, 1.807) is 31.5 Å². The number of carbonyl (C=O) groups excluding carboxylic acids is 1. The number of carbonyl (C=O) groups is 1. The van der Waals surface area contributed by atoms with Crippen LogP contribution in [0.5, 0.6) is 0 Å². The van der Waals surface area contributed by atoms with Gasteiger partial charge >= 0.3 is 5.97 Å². The van der Waals surface area contributed by atoms with Crippen LogP contribution in [0.2, 0.25) is 0 Å². The summed E-state index contributed by atoms with van der Waals surface area (Å²) in [6.07, 6.45) is 1.56. The normalized spacial score (nSPS) is 22.4. The first-order chi connectivity index (χ1) is 16.3. The predicted octanol–water partition coefficient (Wildman–Crippen LogP) is 2.24. The highest BCUT2D eigenvalue weighted by Crippen LogP contribution is 2.45. The second kappa shape index (κ2) is 7.18. The van der Waals surface area contributed by atoms with E-state index in [1.165, 1.54) is 6.07 Å². The summed E-state index contributed by atoms with van der Waals surface area (Å²) >= 11 is 0. The minimum Gasteiger partial charge on any atom is -0.458 e. The number of esters is 1. The van der Waals surface area contributed by atoms with E-state index < -0.39 is 11.6 Å². The van der Waals surface area contributed by atoms with E-state index >= 15 is 0 Å². The molecule has 8 nitrogen and oxygen atoms in total. The lowest BCUT2D eigenvalue weighted by molar-refractivity contribution is -0.172. The summed E-state index contributed by atoms with van der Waals surface area (Å²) in [6, 6.07) is 3.10. The maximum absolute atomic E-state index is 14.8. The Hall–Kier alpha value is -3.14. The number of aryl methyl sites for hydroxylation is 1. The summed E-state index contributed by atoms with van der Waals surface area (Å²) in [5.74, 6) is -1.06. The number of pyridine rings is 2. The fourth-order valence-electron chi connectivity index (χ4n) is 5.87. The molecule has 2 aromatic heterocycles. The number of halogens is 1. The quantitative estimate of drug-likeness (QED) is 0.315. The van der Waals surface area contributed by atoms with Crippen LogP contribution in [0.4, 0.5) is 4.39 Å². The maximum atomic E-state index is 14.8. The molecular formula is C25H25FN4O4. The Morgan fingerprint density at radius 3 is 2.82 bits per heavy atom. The van der Waals surface area contributed by atoms with Crippen LogP contribution in [0.3, 0.4) is 0 Å². The fourth-order valence-corrected chi connectivity index (χ4v) is 5.87. The monoisotopic (exact) mass is 464 g/mol. The highest BCUT2D eigenvalue weighted by molar-refractivity contribution is 5.93. The molecule has 3 N–H and O–H groups in total. The van der Waals surface area contributed by atoms with Crippen molar-refractivity contribution in [3.63, 3.8) is 0 Å². The fraction of sp³-hybridized carbons (Fsp3) is 0.400. The van der Waals surface area contributed by atoms with E-state index in [9.17, 15) is 19.1 Å². The zero-order valence-electron chi connectivity index (χ0n) is 19.2. The van der Waals surface area contributed by atoms with Crippen molar-refractivity contribution in [2.45, 2.75) is 57.9 Å². The number of benzene rings is 1. The number of fused-ring (bicyclic) bond motifs is 5. The Balaban J connectivity index is 1.69. The smallest absolute Gasteiger partial charge is 0.343 e. The average Bonchev–Trinajstić information content (AvgIpc) is 3.19. The van der Waals surface area contributed by atoms with Crippen molar-refractivity contribution < 1.29 is 19.0 Å². The van der Waals surface area contributed by atoms with Gasteiger partial charge in [0.05, 0.1) is 29.0 Å². The number of aromatic nitrogens is 2. The molecule has 1 aliphatic carbocycles.